The van der Waals surface area contributed by atoms with Crippen molar-refractivity contribution in [3.63, 3.8) is 0 Å². The molecule has 2 rings (SSSR count). The first-order valence-electron chi connectivity index (χ1n) is 7.17. The average molecular weight is 313 g/mol. The van der Waals surface area contributed by atoms with Crippen LogP contribution in [-0.4, -0.2) is 35.1 Å². The number of aliphatic carboxylic acids is 1. The number of carboxylic acid groups (broad SMARTS) is 1. The van der Waals surface area contributed by atoms with Crippen LogP contribution in [0.5, 0.6) is 0 Å². The van der Waals surface area contributed by atoms with Gasteiger partial charge in [-0.3, -0.25) is 4.79 Å². The molecule has 0 radical (unpaired) electrons. The molecule has 0 unspecified atom stereocenters. The number of carboxylic acids is 1. The second-order valence-corrected chi connectivity index (χ2v) is 5.32. The molecular formula is C18H19NO4. The lowest BCUT2D eigenvalue weighted by atomic mass is 10.0. The topological polar surface area (TPSA) is 68.5 Å². The highest BCUT2D eigenvalue weighted by atomic mass is 16.5. The van der Waals surface area contributed by atoms with Gasteiger partial charge < -0.3 is 14.4 Å². The summed E-state index contributed by atoms with van der Waals surface area (Å²) in [4.78, 5) is 24.2. The van der Waals surface area contributed by atoms with Crippen LogP contribution in [0.25, 0.3) is 5.70 Å². The molecule has 2 aromatic rings. The van der Waals surface area contributed by atoms with E-state index < -0.39 is 5.97 Å². The van der Waals surface area contributed by atoms with Crippen LogP contribution < -0.4 is 0 Å². The SMILES string of the molecule is COC/C=C(\C(=O)O)n1cccc1C(=O)c1cc(C)cc(C)c1. The molecule has 0 saturated heterocycles. The largest absolute Gasteiger partial charge is 0.477 e. The molecule has 1 aromatic carbocycles. The van der Waals surface area contributed by atoms with E-state index in [9.17, 15) is 14.7 Å². The van der Waals surface area contributed by atoms with Crippen molar-refractivity contribution in [3.8, 4) is 0 Å². The van der Waals surface area contributed by atoms with E-state index in [1.54, 1.807) is 30.5 Å². The van der Waals surface area contributed by atoms with E-state index >= 15 is 0 Å². The molecule has 120 valence electrons. The predicted octanol–water partition coefficient (Wildman–Crippen LogP) is 2.91. The lowest BCUT2D eigenvalue weighted by molar-refractivity contribution is -0.130. The summed E-state index contributed by atoms with van der Waals surface area (Å²) in [6.45, 7) is 3.99. The molecule has 5 heteroatoms. The summed E-state index contributed by atoms with van der Waals surface area (Å²) in [7, 11) is 1.48. The Morgan fingerprint density at radius 2 is 1.87 bits per heavy atom. The van der Waals surface area contributed by atoms with Gasteiger partial charge in [-0.05, 0) is 44.2 Å². The van der Waals surface area contributed by atoms with Gasteiger partial charge in [0.05, 0.1) is 12.3 Å². The zero-order valence-electron chi connectivity index (χ0n) is 13.4. The molecule has 0 bridgehead atoms. The van der Waals surface area contributed by atoms with Gasteiger partial charge in [0.15, 0.2) is 0 Å². The first-order valence-corrected chi connectivity index (χ1v) is 7.17. The summed E-state index contributed by atoms with van der Waals surface area (Å²) < 4.78 is 6.28. The van der Waals surface area contributed by atoms with Gasteiger partial charge in [-0.15, -0.1) is 0 Å². The normalized spacial score (nSPS) is 11.5. The third-order valence-electron chi connectivity index (χ3n) is 3.39. The summed E-state index contributed by atoms with van der Waals surface area (Å²) in [6.07, 6.45) is 2.99. The van der Waals surface area contributed by atoms with Crippen LogP contribution in [0.4, 0.5) is 0 Å². The van der Waals surface area contributed by atoms with E-state index in [4.69, 9.17) is 4.74 Å². The molecule has 0 aliphatic carbocycles. The van der Waals surface area contributed by atoms with Gasteiger partial charge in [0.25, 0.3) is 0 Å². The second kappa shape index (κ2) is 7.07. The first-order chi connectivity index (χ1) is 10.9. The predicted molar refractivity (Wildman–Crippen MR) is 87.6 cm³/mol. The number of methoxy groups -OCH3 is 1. The third-order valence-corrected chi connectivity index (χ3v) is 3.39. The Balaban J connectivity index is 2.47. The molecule has 5 nitrogen and oxygen atoms in total. The van der Waals surface area contributed by atoms with E-state index in [0.717, 1.165) is 11.1 Å². The zero-order chi connectivity index (χ0) is 17.0. The fraction of sp³-hybridized carbons (Fsp3) is 0.222. The van der Waals surface area contributed by atoms with E-state index in [1.807, 2.05) is 19.9 Å². The first kappa shape index (κ1) is 16.7. The highest BCUT2D eigenvalue weighted by Crippen LogP contribution is 2.18. The van der Waals surface area contributed by atoms with Crippen LogP contribution in [0.15, 0.2) is 42.6 Å². The molecule has 23 heavy (non-hydrogen) atoms. The number of ether oxygens (including phenoxy) is 1. The molecule has 1 N–H and O–H groups in total. The van der Waals surface area contributed by atoms with Crippen molar-refractivity contribution in [1.29, 1.82) is 0 Å². The van der Waals surface area contributed by atoms with E-state index in [2.05, 4.69) is 0 Å². The lowest BCUT2D eigenvalue weighted by Gasteiger charge is -2.10. The van der Waals surface area contributed by atoms with Gasteiger partial charge in [-0.1, -0.05) is 17.2 Å². The second-order valence-electron chi connectivity index (χ2n) is 5.32. The summed E-state index contributed by atoms with van der Waals surface area (Å²) in [5.74, 6) is -1.33. The number of rotatable bonds is 6. The van der Waals surface area contributed by atoms with Gasteiger partial charge in [-0.25, -0.2) is 4.79 Å². The average Bonchev–Trinajstić information content (AvgIpc) is 2.94. The van der Waals surface area contributed by atoms with Crippen molar-refractivity contribution in [2.24, 2.45) is 0 Å². The van der Waals surface area contributed by atoms with Gasteiger partial charge in [-0.2, -0.15) is 0 Å². The van der Waals surface area contributed by atoms with Crippen molar-refractivity contribution < 1.29 is 19.4 Å². The zero-order valence-corrected chi connectivity index (χ0v) is 13.4. The minimum absolute atomic E-state index is 0.00965. The van der Waals surface area contributed by atoms with Crippen molar-refractivity contribution in [1.82, 2.24) is 4.57 Å². The maximum Gasteiger partial charge on any atom is 0.352 e. The van der Waals surface area contributed by atoms with Crippen molar-refractivity contribution in [2.75, 3.05) is 13.7 Å². The monoisotopic (exact) mass is 313 g/mol. The number of carbonyl (C=O) groups excluding carboxylic acids is 1. The van der Waals surface area contributed by atoms with Gasteiger partial charge in [0.1, 0.15) is 5.70 Å². The lowest BCUT2D eigenvalue weighted by Crippen LogP contribution is -2.15. The van der Waals surface area contributed by atoms with E-state index in [-0.39, 0.29) is 18.1 Å². The Hall–Kier alpha value is -2.66. The van der Waals surface area contributed by atoms with Gasteiger partial charge in [0, 0.05) is 18.9 Å². The highest BCUT2D eigenvalue weighted by molar-refractivity contribution is 6.13. The van der Waals surface area contributed by atoms with Gasteiger partial charge in [0.2, 0.25) is 5.78 Å². The van der Waals surface area contributed by atoms with Crippen molar-refractivity contribution in [3.05, 3.63) is 65.0 Å². The molecule has 1 heterocycles. The molecule has 0 fully saturated rings. The fourth-order valence-electron chi connectivity index (χ4n) is 2.48. The molecule has 0 spiro atoms. The third kappa shape index (κ3) is 3.76. The van der Waals surface area contributed by atoms with Crippen molar-refractivity contribution in [2.45, 2.75) is 13.8 Å². The summed E-state index contributed by atoms with van der Waals surface area (Å²) in [5, 5.41) is 9.38. The van der Waals surface area contributed by atoms with Crippen molar-refractivity contribution >= 4 is 17.4 Å². The van der Waals surface area contributed by atoms with Crippen LogP contribution in [0.1, 0.15) is 27.2 Å². The van der Waals surface area contributed by atoms with Crippen LogP contribution in [0.2, 0.25) is 0 Å². The number of aromatic nitrogens is 1. The fourth-order valence-corrected chi connectivity index (χ4v) is 2.48. The molecular weight excluding hydrogens is 294 g/mol. The number of hydrogen-bond donors (Lipinski definition) is 1. The van der Waals surface area contributed by atoms with Crippen LogP contribution in [0.3, 0.4) is 0 Å². The minimum atomic E-state index is -1.12. The number of nitrogens with zero attached hydrogens (tertiary/aromatic N) is 1. The smallest absolute Gasteiger partial charge is 0.352 e. The summed E-state index contributed by atoms with van der Waals surface area (Å²) in [6, 6.07) is 8.85. The van der Waals surface area contributed by atoms with Crippen LogP contribution >= 0.6 is 0 Å². The molecule has 0 aliphatic rings. The number of benzene rings is 1. The number of carbonyl (C=O) groups is 2. The van der Waals surface area contributed by atoms with Gasteiger partial charge >= 0.3 is 5.97 Å². The van der Waals surface area contributed by atoms with E-state index in [1.165, 1.54) is 17.8 Å². The maximum absolute atomic E-state index is 12.8. The number of hydrogen-bond acceptors (Lipinski definition) is 3. The Bertz CT molecular complexity index is 751. The Labute approximate surface area is 134 Å². The number of ketones is 1. The van der Waals surface area contributed by atoms with Crippen LogP contribution in [-0.2, 0) is 9.53 Å². The van der Waals surface area contributed by atoms with E-state index in [0.29, 0.717) is 11.3 Å². The number of aryl methyl sites for hydroxylation is 2. The highest BCUT2D eigenvalue weighted by Gasteiger charge is 2.19. The Morgan fingerprint density at radius 1 is 1.22 bits per heavy atom. The Morgan fingerprint density at radius 3 is 2.43 bits per heavy atom. The summed E-state index contributed by atoms with van der Waals surface area (Å²) in [5.41, 5.74) is 2.81. The molecule has 0 atom stereocenters. The molecule has 1 aromatic heterocycles. The molecule has 0 saturated carbocycles. The Kier molecular flexibility index (Phi) is 5.13. The maximum atomic E-state index is 12.8. The standard InChI is InChI=1S/C18H19NO4/c1-12-9-13(2)11-14(10-12)17(20)15-5-4-7-19(15)16(18(21)22)6-8-23-3/h4-7,9-11H,8H2,1-3H3,(H,21,22)/b16-6+. The molecule has 0 aliphatic heterocycles. The quantitative estimate of drug-likeness (QED) is 0.657. The summed E-state index contributed by atoms with van der Waals surface area (Å²) >= 11 is 0. The minimum Gasteiger partial charge on any atom is -0.477 e. The molecule has 0 amide bonds. The van der Waals surface area contributed by atoms with Crippen LogP contribution in [0, 0.1) is 13.8 Å².